The van der Waals surface area contributed by atoms with Gasteiger partial charge in [0, 0.05) is 12.7 Å². The molecule has 0 fully saturated rings. The Morgan fingerprint density at radius 2 is 2.50 bits per heavy atom. The summed E-state index contributed by atoms with van der Waals surface area (Å²) in [5, 5.41) is 0. The number of hydrogen-bond acceptors (Lipinski definition) is 4. The quantitative estimate of drug-likeness (QED) is 0.575. The third-order valence-corrected chi connectivity index (χ3v) is 2.02. The zero-order valence-corrected chi connectivity index (χ0v) is 7.80. The predicted octanol–water partition coefficient (Wildman–Crippen LogP) is 0.841. The van der Waals surface area contributed by atoms with Gasteiger partial charge in [-0.1, -0.05) is 12.2 Å². The van der Waals surface area contributed by atoms with Crippen LogP contribution in [0.2, 0.25) is 0 Å². The molecule has 2 heterocycles. The summed E-state index contributed by atoms with van der Waals surface area (Å²) in [4.78, 5) is 17.3. The van der Waals surface area contributed by atoms with E-state index < -0.39 is 5.97 Å². The average Bonchev–Trinajstić information content (AvgIpc) is 2.27. The molecule has 4 heteroatoms. The van der Waals surface area contributed by atoms with Gasteiger partial charge in [0.1, 0.15) is 5.82 Å². The lowest BCUT2D eigenvalue weighted by Gasteiger charge is -2.24. The monoisotopic (exact) mass is 190 g/mol. The fourth-order valence-electron chi connectivity index (χ4n) is 1.30. The van der Waals surface area contributed by atoms with Crippen molar-refractivity contribution >= 4 is 11.7 Å². The van der Waals surface area contributed by atoms with E-state index in [4.69, 9.17) is 0 Å². The van der Waals surface area contributed by atoms with Gasteiger partial charge in [-0.3, -0.25) is 0 Å². The highest BCUT2D eigenvalue weighted by molar-refractivity contribution is 6.41. The molecule has 0 aromatic rings. The van der Waals surface area contributed by atoms with Crippen molar-refractivity contribution in [3.63, 3.8) is 0 Å². The fraction of sp³-hybridized carbons (Fsp3) is 0.200. The minimum Gasteiger partial charge on any atom is -0.464 e. The van der Waals surface area contributed by atoms with E-state index in [1.54, 1.807) is 6.08 Å². The minimum absolute atomic E-state index is 0.338. The van der Waals surface area contributed by atoms with Crippen molar-refractivity contribution in [1.82, 2.24) is 4.90 Å². The van der Waals surface area contributed by atoms with Gasteiger partial charge >= 0.3 is 5.97 Å². The molecule has 0 saturated carbocycles. The summed E-state index contributed by atoms with van der Waals surface area (Å²) < 4.78 is 4.58. The highest BCUT2D eigenvalue weighted by Gasteiger charge is 2.17. The van der Waals surface area contributed by atoms with Crippen LogP contribution in [0.3, 0.4) is 0 Å². The van der Waals surface area contributed by atoms with E-state index in [0.717, 1.165) is 12.4 Å². The lowest BCUT2D eigenvalue weighted by atomic mass is 10.2. The molecule has 0 bridgehead atoms. The Hall–Kier alpha value is -1.84. The Bertz CT molecular complexity index is 378. The molecule has 2 aliphatic rings. The molecule has 2 aliphatic heterocycles. The van der Waals surface area contributed by atoms with Gasteiger partial charge in [0.2, 0.25) is 0 Å². The summed E-state index contributed by atoms with van der Waals surface area (Å²) in [6.45, 7) is 0.792. The molecule has 0 radical (unpaired) electrons. The molecule has 4 nitrogen and oxygen atoms in total. The van der Waals surface area contributed by atoms with Gasteiger partial charge < -0.3 is 9.64 Å². The Kier molecular flexibility index (Phi) is 2.18. The molecule has 0 aromatic heterocycles. The largest absolute Gasteiger partial charge is 0.464 e. The van der Waals surface area contributed by atoms with Crippen LogP contribution in [0, 0.1) is 0 Å². The summed E-state index contributed by atoms with van der Waals surface area (Å²) >= 11 is 0. The zero-order valence-electron chi connectivity index (χ0n) is 7.80. The number of esters is 1. The smallest absolute Gasteiger partial charge is 0.356 e. The number of methoxy groups -OCH3 is 1. The van der Waals surface area contributed by atoms with Gasteiger partial charge in [-0.05, 0) is 12.2 Å². The molecule has 0 saturated heterocycles. The first-order valence-electron chi connectivity index (χ1n) is 4.30. The molecule has 0 unspecified atom stereocenters. The molecule has 0 amide bonds. The van der Waals surface area contributed by atoms with Crippen LogP contribution in [-0.2, 0) is 9.53 Å². The third kappa shape index (κ3) is 1.46. The molecular weight excluding hydrogens is 180 g/mol. The van der Waals surface area contributed by atoms with Crippen LogP contribution in [0.5, 0.6) is 0 Å². The van der Waals surface area contributed by atoms with Gasteiger partial charge in [0.05, 0.1) is 7.11 Å². The first-order valence-corrected chi connectivity index (χ1v) is 4.30. The molecule has 0 spiro atoms. The van der Waals surface area contributed by atoms with Crippen LogP contribution in [0.15, 0.2) is 41.3 Å². The number of carbonyl (C=O) groups excluding carboxylic acids is 1. The number of ether oxygens (including phenoxy) is 1. The first-order chi connectivity index (χ1) is 6.81. The summed E-state index contributed by atoms with van der Waals surface area (Å²) in [6, 6.07) is 0. The highest BCUT2D eigenvalue weighted by Crippen LogP contribution is 2.16. The van der Waals surface area contributed by atoms with Crippen molar-refractivity contribution in [2.45, 2.75) is 0 Å². The number of nitrogens with zero attached hydrogens (tertiary/aromatic N) is 2. The van der Waals surface area contributed by atoms with Crippen molar-refractivity contribution in [1.29, 1.82) is 0 Å². The molecule has 0 atom stereocenters. The molecule has 0 N–H and O–H groups in total. The van der Waals surface area contributed by atoms with Crippen LogP contribution >= 0.6 is 0 Å². The lowest BCUT2D eigenvalue weighted by molar-refractivity contribution is -0.132. The number of rotatable bonds is 1. The predicted molar refractivity (Wildman–Crippen MR) is 52.5 cm³/mol. The van der Waals surface area contributed by atoms with Crippen molar-refractivity contribution in [2.75, 3.05) is 13.7 Å². The van der Waals surface area contributed by atoms with Gasteiger partial charge in [-0.25, -0.2) is 9.79 Å². The van der Waals surface area contributed by atoms with Gasteiger partial charge in [-0.2, -0.15) is 0 Å². The molecule has 0 aliphatic carbocycles. The minimum atomic E-state index is -0.406. The zero-order chi connectivity index (χ0) is 9.97. The van der Waals surface area contributed by atoms with E-state index in [1.165, 1.54) is 7.11 Å². The van der Waals surface area contributed by atoms with Crippen molar-refractivity contribution in [3.8, 4) is 0 Å². The maximum atomic E-state index is 11.2. The molecule has 14 heavy (non-hydrogen) atoms. The Morgan fingerprint density at radius 1 is 1.64 bits per heavy atom. The summed E-state index contributed by atoms with van der Waals surface area (Å²) in [5.41, 5.74) is 0.338. The van der Waals surface area contributed by atoms with Crippen LogP contribution < -0.4 is 0 Å². The summed E-state index contributed by atoms with van der Waals surface area (Å²) in [5.74, 6) is 0.367. The Labute approximate surface area is 81.9 Å². The van der Waals surface area contributed by atoms with E-state index in [-0.39, 0.29) is 0 Å². The normalized spacial score (nSPS) is 18.5. The van der Waals surface area contributed by atoms with E-state index in [2.05, 4.69) is 9.73 Å². The summed E-state index contributed by atoms with van der Waals surface area (Å²) in [7, 11) is 1.35. The summed E-state index contributed by atoms with van der Waals surface area (Å²) in [6.07, 6.45) is 9.28. The second kappa shape index (κ2) is 3.49. The fourth-order valence-corrected chi connectivity index (χ4v) is 1.30. The van der Waals surface area contributed by atoms with Gasteiger partial charge in [-0.15, -0.1) is 0 Å². The number of fused-ring (bicyclic) bond motifs is 1. The van der Waals surface area contributed by atoms with E-state index in [0.29, 0.717) is 5.71 Å². The second-order valence-electron chi connectivity index (χ2n) is 2.91. The molecule has 2 rings (SSSR count). The topological polar surface area (TPSA) is 41.9 Å². The van der Waals surface area contributed by atoms with E-state index in [9.17, 15) is 4.79 Å². The number of aliphatic imine (C=N–C) groups is 1. The maximum Gasteiger partial charge on any atom is 0.356 e. The van der Waals surface area contributed by atoms with Crippen LogP contribution in [-0.4, -0.2) is 30.2 Å². The second-order valence-corrected chi connectivity index (χ2v) is 2.91. The van der Waals surface area contributed by atoms with Gasteiger partial charge in [0.25, 0.3) is 0 Å². The standard InChI is InChI=1S/C10H10N2O2/c1-14-10(13)8-5-7-12-6-3-2-4-9(12)11-8/h2-5,7H,6H2,1H3. The van der Waals surface area contributed by atoms with Crippen LogP contribution in [0.4, 0.5) is 0 Å². The van der Waals surface area contributed by atoms with Crippen LogP contribution in [0.1, 0.15) is 0 Å². The van der Waals surface area contributed by atoms with Crippen molar-refractivity contribution in [2.24, 2.45) is 4.99 Å². The van der Waals surface area contributed by atoms with Crippen molar-refractivity contribution in [3.05, 3.63) is 36.3 Å². The SMILES string of the molecule is COC(=O)C1=NC2=CC=CCN2C=C1. The molecule has 0 aromatic carbocycles. The number of allylic oxidation sites excluding steroid dienone is 2. The molecule has 72 valence electrons. The molecular formula is C10H10N2O2. The average molecular weight is 190 g/mol. The first kappa shape index (κ1) is 8.74. The van der Waals surface area contributed by atoms with E-state index >= 15 is 0 Å². The van der Waals surface area contributed by atoms with E-state index in [1.807, 2.05) is 29.3 Å². The number of hydrogen-bond donors (Lipinski definition) is 0. The lowest BCUT2D eigenvalue weighted by Crippen LogP contribution is -2.25. The number of carbonyl (C=O) groups is 1. The Morgan fingerprint density at radius 3 is 3.29 bits per heavy atom. The van der Waals surface area contributed by atoms with Crippen molar-refractivity contribution < 1.29 is 9.53 Å². The third-order valence-electron chi connectivity index (χ3n) is 2.02. The maximum absolute atomic E-state index is 11.2. The van der Waals surface area contributed by atoms with Gasteiger partial charge in [0.15, 0.2) is 5.71 Å². The highest BCUT2D eigenvalue weighted by atomic mass is 16.5. The Balaban J connectivity index is 2.27. The van der Waals surface area contributed by atoms with Crippen LogP contribution in [0.25, 0.3) is 0 Å².